The Labute approximate surface area is 175 Å². The predicted molar refractivity (Wildman–Crippen MR) is 112 cm³/mol. The molecule has 0 radical (unpaired) electrons. The number of aryl methyl sites for hydroxylation is 1. The lowest BCUT2D eigenvalue weighted by Crippen LogP contribution is -2.16. The number of furan rings is 1. The molecule has 0 spiro atoms. The summed E-state index contributed by atoms with van der Waals surface area (Å²) in [6.07, 6.45) is 5.04. The van der Waals surface area contributed by atoms with Crippen LogP contribution >= 0.6 is 11.3 Å². The van der Waals surface area contributed by atoms with Gasteiger partial charge < -0.3 is 14.3 Å². The van der Waals surface area contributed by atoms with Crippen LogP contribution in [-0.4, -0.2) is 21.4 Å². The van der Waals surface area contributed by atoms with E-state index in [-0.39, 0.29) is 18.0 Å². The molecule has 3 heterocycles. The number of benzene rings is 1. The van der Waals surface area contributed by atoms with Gasteiger partial charge in [-0.15, -0.1) is 11.3 Å². The molecule has 9 heteroatoms. The minimum Gasteiger partial charge on any atom is -0.469 e. The van der Waals surface area contributed by atoms with Crippen LogP contribution in [0.15, 0.2) is 64.9 Å². The van der Waals surface area contributed by atoms with E-state index in [1.165, 1.54) is 23.7 Å². The Kier molecular flexibility index (Phi) is 5.44. The van der Waals surface area contributed by atoms with Gasteiger partial charge in [-0.25, -0.2) is 9.37 Å². The van der Waals surface area contributed by atoms with Gasteiger partial charge in [0.2, 0.25) is 5.91 Å². The molecular formula is C21H17FN4O3S. The van der Waals surface area contributed by atoms with Gasteiger partial charge in [-0.1, -0.05) is 0 Å². The van der Waals surface area contributed by atoms with Crippen LogP contribution in [0.5, 0.6) is 0 Å². The summed E-state index contributed by atoms with van der Waals surface area (Å²) in [4.78, 5) is 28.8. The maximum absolute atomic E-state index is 14.1. The number of nitrogens with one attached hydrogen (secondary N) is 2. The molecule has 4 rings (SSSR count). The van der Waals surface area contributed by atoms with E-state index in [1.54, 1.807) is 30.5 Å². The van der Waals surface area contributed by atoms with Crippen molar-refractivity contribution in [1.82, 2.24) is 9.55 Å². The van der Waals surface area contributed by atoms with Gasteiger partial charge in [0.15, 0.2) is 5.13 Å². The predicted octanol–water partition coefficient (Wildman–Crippen LogP) is 4.41. The summed E-state index contributed by atoms with van der Waals surface area (Å²) in [5, 5.41) is 7.29. The molecule has 30 heavy (non-hydrogen) atoms. The van der Waals surface area contributed by atoms with Crippen LogP contribution < -0.4 is 10.6 Å². The van der Waals surface area contributed by atoms with Crippen molar-refractivity contribution in [2.75, 3.05) is 10.6 Å². The zero-order chi connectivity index (χ0) is 21.1. The average Bonchev–Trinajstić information content (AvgIpc) is 3.46. The Morgan fingerprint density at radius 2 is 2.00 bits per heavy atom. The maximum atomic E-state index is 14.1. The Morgan fingerprint density at radius 3 is 2.73 bits per heavy atom. The lowest BCUT2D eigenvalue weighted by atomic mass is 10.2. The number of aromatic nitrogens is 2. The number of carbonyl (C=O) groups excluding carboxylic acids is 2. The van der Waals surface area contributed by atoms with Crippen molar-refractivity contribution in [3.8, 4) is 5.69 Å². The highest BCUT2D eigenvalue weighted by atomic mass is 32.1. The molecule has 152 valence electrons. The fourth-order valence-corrected chi connectivity index (χ4v) is 3.57. The van der Waals surface area contributed by atoms with Gasteiger partial charge in [0.05, 0.1) is 29.6 Å². The molecule has 4 aromatic rings. The zero-order valence-corrected chi connectivity index (χ0v) is 16.7. The fourth-order valence-electron chi connectivity index (χ4n) is 2.87. The highest BCUT2D eigenvalue weighted by molar-refractivity contribution is 7.14. The average molecular weight is 424 g/mol. The van der Waals surface area contributed by atoms with Gasteiger partial charge >= 0.3 is 0 Å². The van der Waals surface area contributed by atoms with E-state index in [2.05, 4.69) is 15.6 Å². The lowest BCUT2D eigenvalue weighted by Gasteiger charge is -2.09. The van der Waals surface area contributed by atoms with E-state index in [0.717, 1.165) is 5.69 Å². The molecule has 1 aromatic carbocycles. The molecule has 0 saturated carbocycles. The molecule has 3 aromatic heterocycles. The molecule has 0 fully saturated rings. The van der Waals surface area contributed by atoms with Gasteiger partial charge in [-0.3, -0.25) is 14.9 Å². The second-order valence-corrected chi connectivity index (χ2v) is 7.33. The number of thiazole rings is 1. The highest BCUT2D eigenvalue weighted by Gasteiger charge is 2.15. The number of amides is 2. The van der Waals surface area contributed by atoms with Crippen LogP contribution in [0.1, 0.15) is 21.8 Å². The third-order valence-corrected chi connectivity index (χ3v) is 5.15. The van der Waals surface area contributed by atoms with Crippen molar-refractivity contribution in [1.29, 1.82) is 0 Å². The Balaban J connectivity index is 1.40. The van der Waals surface area contributed by atoms with Crippen LogP contribution in [0.4, 0.5) is 15.2 Å². The van der Waals surface area contributed by atoms with Gasteiger partial charge in [-0.2, -0.15) is 0 Å². The van der Waals surface area contributed by atoms with Gasteiger partial charge in [0.25, 0.3) is 5.91 Å². The first-order valence-corrected chi connectivity index (χ1v) is 9.90. The van der Waals surface area contributed by atoms with Gasteiger partial charge in [-0.05, 0) is 43.3 Å². The van der Waals surface area contributed by atoms with Crippen LogP contribution in [0.3, 0.4) is 0 Å². The van der Waals surface area contributed by atoms with Gasteiger partial charge in [0, 0.05) is 23.5 Å². The molecule has 0 aliphatic rings. The number of hydrogen-bond acceptors (Lipinski definition) is 5. The van der Waals surface area contributed by atoms with Crippen molar-refractivity contribution < 1.29 is 18.4 Å². The van der Waals surface area contributed by atoms with Crippen molar-refractivity contribution in [3.63, 3.8) is 0 Å². The number of anilines is 2. The minimum absolute atomic E-state index is 0.0513. The van der Waals surface area contributed by atoms with Crippen LogP contribution in [0.2, 0.25) is 0 Å². The van der Waals surface area contributed by atoms with E-state index in [1.807, 2.05) is 29.1 Å². The van der Waals surface area contributed by atoms with Crippen molar-refractivity contribution in [3.05, 3.63) is 83.3 Å². The quantitative estimate of drug-likeness (QED) is 0.480. The van der Waals surface area contributed by atoms with Crippen molar-refractivity contribution in [2.45, 2.75) is 13.3 Å². The van der Waals surface area contributed by atoms with Crippen LogP contribution in [0, 0.1) is 12.7 Å². The van der Waals surface area contributed by atoms with E-state index in [9.17, 15) is 14.0 Å². The summed E-state index contributed by atoms with van der Waals surface area (Å²) < 4.78 is 21.1. The molecule has 0 aliphatic heterocycles. The number of hydrogen-bond donors (Lipinski definition) is 2. The number of halogens is 1. The Bertz CT molecular complexity index is 1200. The summed E-state index contributed by atoms with van der Waals surface area (Å²) >= 11 is 1.20. The molecule has 0 unspecified atom stereocenters. The molecule has 7 nitrogen and oxygen atoms in total. The molecule has 0 bridgehead atoms. The van der Waals surface area contributed by atoms with E-state index in [4.69, 9.17) is 4.42 Å². The first-order chi connectivity index (χ1) is 14.5. The second-order valence-electron chi connectivity index (χ2n) is 6.47. The number of rotatable bonds is 6. The Hall–Kier alpha value is -3.72. The number of carbonyl (C=O) groups is 2. The molecule has 2 N–H and O–H groups in total. The number of nitrogens with zero attached hydrogens (tertiary/aromatic N) is 2. The SMILES string of the molecule is Cc1occc1C(=O)Nc1nc(CC(=O)Nc2cc(-n3cccc3)ccc2F)cs1. The molecule has 2 amide bonds. The minimum atomic E-state index is -0.527. The lowest BCUT2D eigenvalue weighted by molar-refractivity contribution is -0.115. The normalized spacial score (nSPS) is 10.7. The summed E-state index contributed by atoms with van der Waals surface area (Å²) in [6, 6.07) is 9.78. The monoisotopic (exact) mass is 424 g/mol. The summed E-state index contributed by atoms with van der Waals surface area (Å²) in [5.74, 6) is -0.767. The summed E-state index contributed by atoms with van der Waals surface area (Å²) in [5.41, 5.74) is 1.71. The molecular weight excluding hydrogens is 407 g/mol. The van der Waals surface area contributed by atoms with E-state index < -0.39 is 11.7 Å². The highest BCUT2D eigenvalue weighted by Crippen LogP contribution is 2.21. The standard InChI is InChI=1S/C21H17FN4O3S/c1-13-16(6-9-29-13)20(28)25-21-23-14(12-30-21)10-19(27)24-18-11-15(4-5-17(18)22)26-7-2-3-8-26/h2-9,11-12H,10H2,1H3,(H,24,27)(H,23,25,28). The van der Waals surface area contributed by atoms with Crippen molar-refractivity contribution in [2.24, 2.45) is 0 Å². The second kappa shape index (κ2) is 8.34. The third-order valence-electron chi connectivity index (χ3n) is 4.34. The largest absolute Gasteiger partial charge is 0.469 e. The fraction of sp³-hybridized carbons (Fsp3) is 0.0952. The maximum Gasteiger partial charge on any atom is 0.260 e. The van der Waals surface area contributed by atoms with Gasteiger partial charge in [0.1, 0.15) is 11.6 Å². The van der Waals surface area contributed by atoms with E-state index >= 15 is 0 Å². The zero-order valence-electron chi connectivity index (χ0n) is 15.9. The van der Waals surface area contributed by atoms with E-state index in [0.29, 0.717) is 22.1 Å². The first kappa shape index (κ1) is 19.6. The molecule has 0 atom stereocenters. The van der Waals surface area contributed by atoms with Crippen LogP contribution in [0.25, 0.3) is 5.69 Å². The smallest absolute Gasteiger partial charge is 0.260 e. The Morgan fingerprint density at radius 1 is 1.20 bits per heavy atom. The summed E-state index contributed by atoms with van der Waals surface area (Å²) in [6.45, 7) is 1.69. The molecule has 0 saturated heterocycles. The topological polar surface area (TPSA) is 89.2 Å². The first-order valence-electron chi connectivity index (χ1n) is 9.02. The van der Waals surface area contributed by atoms with Crippen LogP contribution in [-0.2, 0) is 11.2 Å². The third kappa shape index (κ3) is 4.31. The molecule has 0 aliphatic carbocycles. The van der Waals surface area contributed by atoms with Crippen molar-refractivity contribution >= 4 is 34.0 Å². The summed E-state index contributed by atoms with van der Waals surface area (Å²) in [7, 11) is 0.